The molecule has 0 aliphatic carbocycles. The Kier molecular flexibility index (Phi) is 4.72. The first-order valence-electron chi connectivity index (χ1n) is 8.09. The highest BCUT2D eigenvalue weighted by Gasteiger charge is 2.19. The van der Waals surface area contributed by atoms with Crippen molar-refractivity contribution in [3.63, 3.8) is 0 Å². The number of nitrogens with one attached hydrogen (secondary N) is 2. The second-order valence-corrected chi connectivity index (χ2v) is 6.57. The van der Waals surface area contributed by atoms with Gasteiger partial charge < -0.3 is 20.2 Å². The number of hydrogen-bond donors (Lipinski definition) is 3. The summed E-state index contributed by atoms with van der Waals surface area (Å²) in [5, 5.41) is 14.6. The zero-order valence-corrected chi connectivity index (χ0v) is 14.2. The van der Waals surface area contributed by atoms with E-state index in [1.165, 1.54) is 0 Å². The highest BCUT2D eigenvalue weighted by atomic mass is 16.3. The number of nitrogens with zero attached hydrogens (tertiary/aromatic N) is 1. The standard InChI is InChI=1S/C19H21N3O3/c1-19(2,12-23)22-18(24)20-14-8-9-15-16(11-14)25-17(21-15)10-13-6-4-3-5-7-13/h3-9,11,23H,10,12H2,1-2H3,(H2,20,22,24). The highest BCUT2D eigenvalue weighted by Crippen LogP contribution is 2.21. The number of aliphatic hydroxyl groups excluding tert-OH is 1. The van der Waals surface area contributed by atoms with Crippen LogP contribution in [0.2, 0.25) is 0 Å². The van der Waals surface area contributed by atoms with E-state index in [4.69, 9.17) is 4.42 Å². The summed E-state index contributed by atoms with van der Waals surface area (Å²) in [5.41, 5.74) is 2.39. The molecular formula is C19H21N3O3. The quantitative estimate of drug-likeness (QED) is 0.665. The van der Waals surface area contributed by atoms with Crippen molar-refractivity contribution in [2.45, 2.75) is 25.8 Å². The smallest absolute Gasteiger partial charge is 0.319 e. The maximum absolute atomic E-state index is 12.0. The molecular weight excluding hydrogens is 318 g/mol. The summed E-state index contributed by atoms with van der Waals surface area (Å²) >= 11 is 0. The zero-order valence-electron chi connectivity index (χ0n) is 14.2. The molecule has 0 fully saturated rings. The fraction of sp³-hybridized carbons (Fsp3) is 0.263. The van der Waals surface area contributed by atoms with Crippen LogP contribution in [0.5, 0.6) is 0 Å². The molecule has 1 aromatic heterocycles. The van der Waals surface area contributed by atoms with Gasteiger partial charge in [-0.25, -0.2) is 9.78 Å². The lowest BCUT2D eigenvalue weighted by Crippen LogP contribution is -2.48. The van der Waals surface area contributed by atoms with Crippen LogP contribution < -0.4 is 10.6 Å². The molecule has 0 bridgehead atoms. The van der Waals surface area contributed by atoms with Crippen molar-refractivity contribution in [3.8, 4) is 0 Å². The Hall–Kier alpha value is -2.86. The van der Waals surface area contributed by atoms with Gasteiger partial charge in [-0.05, 0) is 31.5 Å². The van der Waals surface area contributed by atoms with Crippen molar-refractivity contribution in [3.05, 3.63) is 60.0 Å². The molecule has 0 aliphatic heterocycles. The SMILES string of the molecule is CC(C)(CO)NC(=O)Nc1ccc2nc(Cc3ccccc3)oc2c1. The molecule has 130 valence electrons. The van der Waals surface area contributed by atoms with E-state index in [1.54, 1.807) is 32.0 Å². The molecule has 3 aromatic rings. The maximum Gasteiger partial charge on any atom is 0.319 e. The molecule has 0 saturated heterocycles. The number of aromatic nitrogens is 1. The molecule has 3 N–H and O–H groups in total. The van der Waals surface area contributed by atoms with Gasteiger partial charge in [0.15, 0.2) is 11.5 Å². The molecule has 25 heavy (non-hydrogen) atoms. The number of carbonyl (C=O) groups is 1. The topological polar surface area (TPSA) is 87.4 Å². The predicted molar refractivity (Wildman–Crippen MR) is 96.6 cm³/mol. The molecule has 0 atom stereocenters. The van der Waals surface area contributed by atoms with E-state index >= 15 is 0 Å². The molecule has 6 heteroatoms. The van der Waals surface area contributed by atoms with Gasteiger partial charge >= 0.3 is 6.03 Å². The van der Waals surface area contributed by atoms with Gasteiger partial charge in [0.25, 0.3) is 0 Å². The number of rotatable bonds is 5. The summed E-state index contributed by atoms with van der Waals surface area (Å²) in [6.45, 7) is 3.33. The van der Waals surface area contributed by atoms with Crippen LogP contribution in [0.4, 0.5) is 10.5 Å². The molecule has 0 radical (unpaired) electrons. The van der Waals surface area contributed by atoms with Crippen LogP contribution in [0.3, 0.4) is 0 Å². The summed E-state index contributed by atoms with van der Waals surface area (Å²) in [7, 11) is 0. The first kappa shape index (κ1) is 17.0. The predicted octanol–water partition coefficient (Wildman–Crippen LogP) is 3.31. The third-order valence-electron chi connectivity index (χ3n) is 3.74. The number of anilines is 1. The second kappa shape index (κ2) is 6.94. The monoisotopic (exact) mass is 339 g/mol. The van der Waals surface area contributed by atoms with Crippen molar-refractivity contribution in [1.82, 2.24) is 10.3 Å². The number of amides is 2. The fourth-order valence-corrected chi connectivity index (χ4v) is 2.41. The van der Waals surface area contributed by atoms with Crippen molar-refractivity contribution >= 4 is 22.8 Å². The number of aliphatic hydroxyl groups is 1. The maximum atomic E-state index is 12.0. The average Bonchev–Trinajstić information content (AvgIpc) is 2.96. The third-order valence-corrected chi connectivity index (χ3v) is 3.74. The van der Waals surface area contributed by atoms with Gasteiger partial charge in [0.05, 0.1) is 12.1 Å². The van der Waals surface area contributed by atoms with Gasteiger partial charge in [0.1, 0.15) is 5.52 Å². The number of hydrogen-bond acceptors (Lipinski definition) is 4. The molecule has 1 heterocycles. The van der Waals surface area contributed by atoms with E-state index in [2.05, 4.69) is 15.6 Å². The lowest BCUT2D eigenvalue weighted by Gasteiger charge is -2.23. The minimum absolute atomic E-state index is 0.148. The van der Waals surface area contributed by atoms with Crippen molar-refractivity contribution in [2.24, 2.45) is 0 Å². The van der Waals surface area contributed by atoms with Gasteiger partial charge in [0.2, 0.25) is 0 Å². The Balaban J connectivity index is 1.73. The van der Waals surface area contributed by atoms with E-state index in [-0.39, 0.29) is 12.6 Å². The Bertz CT molecular complexity index is 872. The van der Waals surface area contributed by atoms with Crippen LogP contribution in [0.15, 0.2) is 52.9 Å². The number of benzene rings is 2. The molecule has 3 rings (SSSR count). The minimum atomic E-state index is -0.691. The largest absolute Gasteiger partial charge is 0.440 e. The third kappa shape index (κ3) is 4.36. The average molecular weight is 339 g/mol. The van der Waals surface area contributed by atoms with Crippen molar-refractivity contribution in [2.75, 3.05) is 11.9 Å². The lowest BCUT2D eigenvalue weighted by molar-refractivity contribution is 0.187. The van der Waals surface area contributed by atoms with Gasteiger partial charge in [-0.3, -0.25) is 0 Å². The number of carbonyl (C=O) groups excluding carboxylic acids is 1. The lowest BCUT2D eigenvalue weighted by atomic mass is 10.1. The minimum Gasteiger partial charge on any atom is -0.440 e. The van der Waals surface area contributed by atoms with E-state index in [0.29, 0.717) is 23.6 Å². The molecule has 6 nitrogen and oxygen atoms in total. The Morgan fingerprint density at radius 1 is 1.20 bits per heavy atom. The molecule has 0 aliphatic rings. The zero-order chi connectivity index (χ0) is 17.9. The van der Waals surface area contributed by atoms with Crippen LogP contribution in [0.25, 0.3) is 11.1 Å². The fourth-order valence-electron chi connectivity index (χ4n) is 2.41. The first-order valence-corrected chi connectivity index (χ1v) is 8.09. The number of urea groups is 1. The van der Waals surface area contributed by atoms with Crippen LogP contribution in [-0.2, 0) is 6.42 Å². The van der Waals surface area contributed by atoms with Gasteiger partial charge in [0, 0.05) is 18.2 Å². The normalized spacial score (nSPS) is 11.5. The van der Waals surface area contributed by atoms with Gasteiger partial charge in [-0.1, -0.05) is 30.3 Å². The summed E-state index contributed by atoms with van der Waals surface area (Å²) < 4.78 is 5.79. The Labute approximate surface area is 145 Å². The van der Waals surface area contributed by atoms with Crippen molar-refractivity contribution < 1.29 is 14.3 Å². The Morgan fingerprint density at radius 2 is 1.96 bits per heavy atom. The summed E-state index contributed by atoms with van der Waals surface area (Å²) in [4.78, 5) is 16.5. The summed E-state index contributed by atoms with van der Waals surface area (Å²) in [5.74, 6) is 0.629. The Morgan fingerprint density at radius 3 is 2.68 bits per heavy atom. The number of fused-ring (bicyclic) bond motifs is 1. The molecule has 0 unspecified atom stereocenters. The molecule has 2 amide bonds. The van der Waals surface area contributed by atoms with Crippen molar-refractivity contribution in [1.29, 1.82) is 0 Å². The first-order chi connectivity index (χ1) is 11.9. The van der Waals surface area contributed by atoms with E-state index in [0.717, 1.165) is 11.1 Å². The number of oxazole rings is 1. The summed E-state index contributed by atoms with van der Waals surface area (Å²) in [6.07, 6.45) is 0.615. The van der Waals surface area contributed by atoms with E-state index < -0.39 is 5.54 Å². The highest BCUT2D eigenvalue weighted by molar-refractivity contribution is 5.91. The van der Waals surface area contributed by atoms with Gasteiger partial charge in [-0.15, -0.1) is 0 Å². The van der Waals surface area contributed by atoms with Crippen LogP contribution in [0, 0.1) is 0 Å². The molecule has 2 aromatic carbocycles. The van der Waals surface area contributed by atoms with Crippen LogP contribution in [0.1, 0.15) is 25.3 Å². The molecule has 0 spiro atoms. The molecule has 0 saturated carbocycles. The van der Waals surface area contributed by atoms with Crippen LogP contribution >= 0.6 is 0 Å². The second-order valence-electron chi connectivity index (χ2n) is 6.57. The summed E-state index contributed by atoms with van der Waals surface area (Å²) in [6, 6.07) is 14.9. The van der Waals surface area contributed by atoms with E-state index in [9.17, 15) is 9.90 Å². The van der Waals surface area contributed by atoms with Crippen LogP contribution in [-0.4, -0.2) is 28.3 Å². The van der Waals surface area contributed by atoms with Gasteiger partial charge in [-0.2, -0.15) is 0 Å². The van der Waals surface area contributed by atoms with E-state index in [1.807, 2.05) is 30.3 Å².